The van der Waals surface area contributed by atoms with Crippen LogP contribution in [0.3, 0.4) is 0 Å². The van der Waals surface area contributed by atoms with E-state index in [1.807, 2.05) is 0 Å². The van der Waals surface area contributed by atoms with Crippen molar-refractivity contribution >= 4 is 0 Å². The molecule has 2 N–H and O–H groups in total. The summed E-state index contributed by atoms with van der Waals surface area (Å²) in [5.74, 6) is 0.789. The fourth-order valence-electron chi connectivity index (χ4n) is 1.22. The molecule has 56 valence electrons. The van der Waals surface area contributed by atoms with Crippen LogP contribution in [0.15, 0.2) is 0 Å². The number of aromatic amines is 1. The molecule has 0 spiro atoms. The Bertz CT molecular complexity index is 198. The zero-order valence-electron chi connectivity index (χ0n) is 7.54. The molecular formula is C5H10KN5. The Morgan fingerprint density at radius 3 is 3.00 bits per heavy atom. The van der Waals surface area contributed by atoms with Gasteiger partial charge in [0.1, 0.15) is 0 Å². The van der Waals surface area contributed by atoms with Gasteiger partial charge in [0.2, 0.25) is 0 Å². The van der Waals surface area contributed by atoms with Gasteiger partial charge >= 0.3 is 51.4 Å². The third-order valence-electron chi connectivity index (χ3n) is 1.73. The molecule has 1 aliphatic rings. The number of nitrogens with zero attached hydrogens (tertiary/aromatic N) is 3. The van der Waals surface area contributed by atoms with Crippen molar-refractivity contribution in [3.8, 4) is 0 Å². The Balaban J connectivity index is 0.000000605. The molecule has 0 amide bonds. The SMILES string of the molecule is C1CNC(c2nn[nH]n2)C1.[H-].[K+]. The fourth-order valence-corrected chi connectivity index (χ4v) is 1.22. The first-order chi connectivity index (χ1) is 4.97. The minimum absolute atomic E-state index is 0. The first-order valence-electron chi connectivity index (χ1n) is 3.43. The van der Waals surface area contributed by atoms with Crippen LogP contribution in [-0.4, -0.2) is 27.2 Å². The minimum atomic E-state index is 0. The second-order valence-electron chi connectivity index (χ2n) is 2.42. The maximum Gasteiger partial charge on any atom is 1.00 e. The predicted molar refractivity (Wildman–Crippen MR) is 35.3 cm³/mol. The van der Waals surface area contributed by atoms with Crippen LogP contribution in [-0.2, 0) is 0 Å². The summed E-state index contributed by atoms with van der Waals surface area (Å²) in [6, 6.07) is 0.332. The summed E-state index contributed by atoms with van der Waals surface area (Å²) in [4.78, 5) is 0. The van der Waals surface area contributed by atoms with Gasteiger partial charge in [-0.2, -0.15) is 5.21 Å². The molecule has 1 aromatic heterocycles. The number of H-pyrrole nitrogens is 1. The van der Waals surface area contributed by atoms with Gasteiger partial charge in [0.25, 0.3) is 0 Å². The van der Waals surface area contributed by atoms with Crippen molar-refractivity contribution < 1.29 is 52.8 Å². The Morgan fingerprint density at radius 2 is 2.45 bits per heavy atom. The Kier molecular flexibility index (Phi) is 4.11. The second kappa shape index (κ2) is 4.63. The van der Waals surface area contributed by atoms with Gasteiger partial charge in [-0.15, -0.1) is 10.2 Å². The molecule has 0 aromatic carbocycles. The Hall–Kier alpha value is 0.666. The summed E-state index contributed by atoms with van der Waals surface area (Å²) in [7, 11) is 0. The van der Waals surface area contributed by atoms with Gasteiger partial charge < -0.3 is 6.74 Å². The van der Waals surface area contributed by atoms with E-state index in [-0.39, 0.29) is 52.8 Å². The summed E-state index contributed by atoms with van der Waals surface area (Å²) in [5.41, 5.74) is 0. The van der Waals surface area contributed by atoms with Crippen molar-refractivity contribution in [1.29, 1.82) is 0 Å². The van der Waals surface area contributed by atoms with Crippen molar-refractivity contribution in [1.82, 2.24) is 25.9 Å². The standard InChI is InChI=1S/C5H9N5.K.H/c1-2-4(6-3-1)5-7-9-10-8-5;;/h4,6H,1-3H2,(H,7,8,9,10);;/q;+1;-1. The summed E-state index contributed by atoms with van der Waals surface area (Å²) in [6.45, 7) is 1.07. The van der Waals surface area contributed by atoms with E-state index in [0.717, 1.165) is 18.8 Å². The van der Waals surface area contributed by atoms with Crippen LogP contribution < -0.4 is 56.7 Å². The van der Waals surface area contributed by atoms with Gasteiger partial charge in [-0.1, -0.05) is 5.21 Å². The van der Waals surface area contributed by atoms with Gasteiger partial charge in [-0.3, -0.25) is 0 Å². The molecule has 1 atom stereocenters. The molecule has 0 saturated carbocycles. The zero-order valence-corrected chi connectivity index (χ0v) is 9.66. The van der Waals surface area contributed by atoms with Crippen LogP contribution in [0.5, 0.6) is 0 Å². The Morgan fingerprint density at radius 1 is 1.55 bits per heavy atom. The van der Waals surface area contributed by atoms with E-state index in [4.69, 9.17) is 0 Å². The monoisotopic (exact) mass is 179 g/mol. The number of tetrazole rings is 1. The van der Waals surface area contributed by atoms with Crippen LogP contribution in [0.1, 0.15) is 26.1 Å². The van der Waals surface area contributed by atoms with Crippen LogP contribution in [0.25, 0.3) is 0 Å². The third kappa shape index (κ3) is 2.30. The van der Waals surface area contributed by atoms with Crippen molar-refractivity contribution in [3.05, 3.63) is 5.82 Å². The van der Waals surface area contributed by atoms with E-state index in [1.165, 1.54) is 6.42 Å². The van der Waals surface area contributed by atoms with E-state index >= 15 is 0 Å². The molecule has 6 heteroatoms. The molecule has 2 rings (SSSR count). The van der Waals surface area contributed by atoms with Gasteiger partial charge in [-0.05, 0) is 19.4 Å². The molecular weight excluding hydrogens is 169 g/mol. The van der Waals surface area contributed by atoms with Gasteiger partial charge in [0.15, 0.2) is 5.82 Å². The van der Waals surface area contributed by atoms with Crippen molar-refractivity contribution in [2.75, 3.05) is 6.54 Å². The second-order valence-corrected chi connectivity index (χ2v) is 2.42. The average molecular weight is 179 g/mol. The molecule has 11 heavy (non-hydrogen) atoms. The van der Waals surface area contributed by atoms with Crippen LogP contribution >= 0.6 is 0 Å². The Labute approximate surface area is 109 Å². The molecule has 1 unspecified atom stereocenters. The summed E-state index contributed by atoms with van der Waals surface area (Å²) in [5, 5.41) is 17.0. The molecule has 0 radical (unpaired) electrons. The van der Waals surface area contributed by atoms with Crippen molar-refractivity contribution in [2.45, 2.75) is 18.9 Å². The quantitative estimate of drug-likeness (QED) is 0.444. The maximum absolute atomic E-state index is 3.89. The first-order valence-corrected chi connectivity index (χ1v) is 3.43. The molecule has 0 aliphatic carbocycles. The zero-order chi connectivity index (χ0) is 6.81. The van der Waals surface area contributed by atoms with Crippen molar-refractivity contribution in [3.63, 3.8) is 0 Å². The van der Waals surface area contributed by atoms with E-state index < -0.39 is 0 Å². The van der Waals surface area contributed by atoms with E-state index in [0.29, 0.717) is 6.04 Å². The van der Waals surface area contributed by atoms with Crippen molar-refractivity contribution in [2.24, 2.45) is 0 Å². The third-order valence-corrected chi connectivity index (χ3v) is 1.73. The topological polar surface area (TPSA) is 66.5 Å². The van der Waals surface area contributed by atoms with Gasteiger partial charge in [0, 0.05) is 0 Å². The molecule has 5 nitrogen and oxygen atoms in total. The number of hydrogen-bond donors (Lipinski definition) is 2. The summed E-state index contributed by atoms with van der Waals surface area (Å²) < 4.78 is 0. The van der Waals surface area contributed by atoms with E-state index in [9.17, 15) is 0 Å². The maximum atomic E-state index is 3.89. The number of aromatic nitrogens is 4. The van der Waals surface area contributed by atoms with E-state index in [2.05, 4.69) is 25.9 Å². The van der Waals surface area contributed by atoms with Crippen LogP contribution in [0.2, 0.25) is 0 Å². The number of rotatable bonds is 1. The van der Waals surface area contributed by atoms with Crippen LogP contribution in [0, 0.1) is 0 Å². The summed E-state index contributed by atoms with van der Waals surface area (Å²) in [6.07, 6.45) is 2.33. The number of hydrogen-bond acceptors (Lipinski definition) is 4. The molecule has 1 fully saturated rings. The number of nitrogens with one attached hydrogen (secondary N) is 2. The predicted octanol–water partition coefficient (Wildman–Crippen LogP) is -3.26. The minimum Gasteiger partial charge on any atom is -1.00 e. The largest absolute Gasteiger partial charge is 1.00 e. The van der Waals surface area contributed by atoms with Crippen LogP contribution in [0.4, 0.5) is 0 Å². The normalized spacial score (nSPS) is 23.1. The summed E-state index contributed by atoms with van der Waals surface area (Å²) >= 11 is 0. The molecule has 1 aromatic rings. The first kappa shape index (κ1) is 9.75. The molecule has 2 heterocycles. The smallest absolute Gasteiger partial charge is 1.00 e. The van der Waals surface area contributed by atoms with Gasteiger partial charge in [0.05, 0.1) is 6.04 Å². The fraction of sp³-hybridized carbons (Fsp3) is 0.800. The molecule has 0 bridgehead atoms. The average Bonchev–Trinajstić information content (AvgIpc) is 2.59. The van der Waals surface area contributed by atoms with Gasteiger partial charge in [-0.25, -0.2) is 0 Å². The molecule has 1 aliphatic heterocycles. The molecule has 1 saturated heterocycles. The van der Waals surface area contributed by atoms with E-state index in [1.54, 1.807) is 0 Å².